The summed E-state index contributed by atoms with van der Waals surface area (Å²) in [4.78, 5) is 18.5. The zero-order chi connectivity index (χ0) is 20.4. The fraction of sp³-hybridized carbons (Fsp3) is 0.400. The van der Waals surface area contributed by atoms with Crippen LogP contribution in [0, 0.1) is 5.41 Å². The van der Waals surface area contributed by atoms with Crippen molar-refractivity contribution >= 4 is 22.5 Å². The van der Waals surface area contributed by atoms with Crippen molar-refractivity contribution in [1.29, 1.82) is 0 Å². The maximum Gasteiger partial charge on any atom is 0.226 e. The van der Waals surface area contributed by atoms with E-state index in [2.05, 4.69) is 76.9 Å². The first-order valence-corrected chi connectivity index (χ1v) is 10.7. The summed E-state index contributed by atoms with van der Waals surface area (Å²) < 4.78 is 0. The quantitative estimate of drug-likeness (QED) is 0.617. The summed E-state index contributed by atoms with van der Waals surface area (Å²) in [5.41, 5.74) is 4.65. The molecule has 4 heteroatoms. The number of nitrogens with zero attached hydrogens (tertiary/aromatic N) is 1. The summed E-state index contributed by atoms with van der Waals surface area (Å²) in [6.45, 7) is 8.06. The molecule has 1 saturated heterocycles. The number of rotatable bonds is 5. The van der Waals surface area contributed by atoms with Crippen molar-refractivity contribution in [1.82, 2.24) is 10.3 Å². The summed E-state index contributed by atoms with van der Waals surface area (Å²) >= 11 is 0. The molecule has 0 spiro atoms. The number of amides is 1. The van der Waals surface area contributed by atoms with Crippen molar-refractivity contribution in [3.63, 3.8) is 0 Å². The lowest BCUT2D eigenvalue weighted by atomic mass is 9.75. The Hall–Kier alpha value is -2.75. The summed E-state index contributed by atoms with van der Waals surface area (Å²) in [5, 5.41) is 4.39. The Kier molecular flexibility index (Phi) is 5.35. The lowest BCUT2D eigenvalue weighted by molar-refractivity contribution is -0.133. The van der Waals surface area contributed by atoms with E-state index in [0.29, 0.717) is 0 Å². The molecular weight excluding hydrogens is 358 g/mol. The monoisotopic (exact) mass is 389 g/mol. The zero-order valence-corrected chi connectivity index (χ0v) is 17.7. The second-order valence-electron chi connectivity index (χ2n) is 8.54. The minimum atomic E-state index is -0.218. The number of H-pyrrole nitrogens is 1. The Bertz CT molecular complexity index is 979. The van der Waals surface area contributed by atoms with E-state index in [4.69, 9.17) is 0 Å². The van der Waals surface area contributed by atoms with Gasteiger partial charge in [-0.2, -0.15) is 0 Å². The van der Waals surface area contributed by atoms with Gasteiger partial charge < -0.3 is 15.2 Å². The van der Waals surface area contributed by atoms with E-state index < -0.39 is 0 Å². The molecule has 1 aliphatic rings. The molecule has 3 aromatic rings. The molecule has 29 heavy (non-hydrogen) atoms. The average Bonchev–Trinajstić information content (AvgIpc) is 3.17. The molecule has 2 aromatic carbocycles. The van der Waals surface area contributed by atoms with E-state index in [0.717, 1.165) is 37.9 Å². The van der Waals surface area contributed by atoms with Crippen molar-refractivity contribution < 1.29 is 4.79 Å². The third-order valence-corrected chi connectivity index (χ3v) is 6.43. The van der Waals surface area contributed by atoms with Crippen LogP contribution in [0.15, 0.2) is 54.7 Å². The number of aromatic nitrogens is 1. The number of hydrogen-bond donors (Lipinski definition) is 2. The van der Waals surface area contributed by atoms with E-state index in [1.54, 1.807) is 0 Å². The number of carbonyl (C=O) groups excluding carboxylic acids is 1. The third-order valence-electron chi connectivity index (χ3n) is 6.43. The largest absolute Gasteiger partial charge is 0.371 e. The van der Waals surface area contributed by atoms with E-state index in [-0.39, 0.29) is 17.4 Å². The molecule has 1 aromatic heterocycles. The van der Waals surface area contributed by atoms with Crippen LogP contribution in [-0.2, 0) is 4.79 Å². The molecule has 0 atom stereocenters. The van der Waals surface area contributed by atoms with Crippen molar-refractivity contribution in [2.24, 2.45) is 5.41 Å². The van der Waals surface area contributed by atoms with Crippen LogP contribution < -0.4 is 10.2 Å². The third kappa shape index (κ3) is 3.76. The normalized spacial score (nSPS) is 16.3. The first-order chi connectivity index (χ1) is 14.0. The Labute approximate surface area is 173 Å². The summed E-state index contributed by atoms with van der Waals surface area (Å²) in [7, 11) is 0. The number of para-hydroxylation sites is 1. The van der Waals surface area contributed by atoms with E-state index in [9.17, 15) is 4.79 Å². The van der Waals surface area contributed by atoms with Gasteiger partial charge in [0.2, 0.25) is 5.91 Å². The lowest BCUT2D eigenvalue weighted by Gasteiger charge is -2.41. The zero-order valence-electron chi connectivity index (χ0n) is 17.7. The molecule has 152 valence electrons. The SMILES string of the molecule is CCC1(C(=O)NC(C)C)CCN(c2ccc(-c3c[nH]c4ccccc34)cc2)CC1. The smallest absolute Gasteiger partial charge is 0.226 e. The van der Waals surface area contributed by atoms with Gasteiger partial charge in [-0.05, 0) is 56.9 Å². The predicted molar refractivity (Wildman–Crippen MR) is 121 cm³/mol. The number of hydrogen-bond acceptors (Lipinski definition) is 2. The van der Waals surface area contributed by atoms with Crippen LogP contribution in [0.25, 0.3) is 22.0 Å². The number of piperidine rings is 1. The fourth-order valence-corrected chi connectivity index (χ4v) is 4.51. The highest BCUT2D eigenvalue weighted by Gasteiger charge is 2.39. The first kappa shape index (κ1) is 19.6. The predicted octanol–water partition coefficient (Wildman–Crippen LogP) is 5.36. The van der Waals surface area contributed by atoms with E-state index >= 15 is 0 Å². The van der Waals surface area contributed by atoms with Gasteiger partial charge >= 0.3 is 0 Å². The molecule has 1 amide bonds. The van der Waals surface area contributed by atoms with Gasteiger partial charge in [0.25, 0.3) is 0 Å². The Morgan fingerprint density at radius 1 is 1.10 bits per heavy atom. The van der Waals surface area contributed by atoms with Gasteiger partial charge in [0.1, 0.15) is 0 Å². The molecule has 2 N–H and O–H groups in total. The number of benzene rings is 2. The molecule has 0 aliphatic carbocycles. The number of aromatic amines is 1. The van der Waals surface area contributed by atoms with Crippen molar-refractivity contribution in [2.45, 2.75) is 46.1 Å². The topological polar surface area (TPSA) is 48.1 Å². The lowest BCUT2D eigenvalue weighted by Crippen LogP contribution is -2.50. The Morgan fingerprint density at radius 3 is 2.45 bits per heavy atom. The molecule has 0 radical (unpaired) electrons. The van der Waals surface area contributed by atoms with E-state index in [1.165, 1.54) is 22.2 Å². The summed E-state index contributed by atoms with van der Waals surface area (Å²) in [5.74, 6) is 0.226. The highest BCUT2D eigenvalue weighted by atomic mass is 16.2. The minimum Gasteiger partial charge on any atom is -0.371 e. The van der Waals surface area contributed by atoms with Crippen LogP contribution >= 0.6 is 0 Å². The molecule has 0 unspecified atom stereocenters. The Morgan fingerprint density at radius 2 is 1.79 bits per heavy atom. The average molecular weight is 390 g/mol. The van der Waals surface area contributed by atoms with Crippen LogP contribution in [0.4, 0.5) is 5.69 Å². The molecule has 2 heterocycles. The number of carbonyl (C=O) groups is 1. The standard InChI is InChI=1S/C25H31N3O/c1-4-25(24(29)27-18(2)3)13-15-28(16-14-25)20-11-9-19(10-12-20)22-17-26-23-8-6-5-7-21(22)23/h5-12,17-18,26H,4,13-16H2,1-3H3,(H,27,29). The molecule has 4 rings (SSSR count). The van der Waals surface area contributed by atoms with Gasteiger partial charge in [-0.1, -0.05) is 37.3 Å². The highest BCUT2D eigenvalue weighted by Crippen LogP contribution is 2.37. The van der Waals surface area contributed by atoms with Gasteiger partial charge in [0, 0.05) is 47.5 Å². The second kappa shape index (κ2) is 7.94. The van der Waals surface area contributed by atoms with Gasteiger partial charge in [0.15, 0.2) is 0 Å². The Balaban J connectivity index is 1.47. The first-order valence-electron chi connectivity index (χ1n) is 10.7. The molecule has 4 nitrogen and oxygen atoms in total. The van der Waals surface area contributed by atoms with Crippen molar-refractivity contribution in [3.8, 4) is 11.1 Å². The van der Waals surface area contributed by atoms with Crippen LogP contribution in [0.2, 0.25) is 0 Å². The fourth-order valence-electron chi connectivity index (χ4n) is 4.51. The maximum absolute atomic E-state index is 12.8. The number of fused-ring (bicyclic) bond motifs is 1. The molecular formula is C25H31N3O. The van der Waals surface area contributed by atoms with Crippen LogP contribution in [0.5, 0.6) is 0 Å². The second-order valence-corrected chi connectivity index (χ2v) is 8.54. The minimum absolute atomic E-state index is 0.195. The van der Waals surface area contributed by atoms with Crippen molar-refractivity contribution in [3.05, 3.63) is 54.7 Å². The van der Waals surface area contributed by atoms with Crippen LogP contribution in [0.3, 0.4) is 0 Å². The molecule has 1 aliphatic heterocycles. The van der Waals surface area contributed by atoms with Gasteiger partial charge in [-0.25, -0.2) is 0 Å². The highest BCUT2D eigenvalue weighted by molar-refractivity contribution is 5.95. The van der Waals surface area contributed by atoms with Crippen LogP contribution in [0.1, 0.15) is 40.0 Å². The number of nitrogens with one attached hydrogen (secondary N) is 2. The van der Waals surface area contributed by atoms with Gasteiger partial charge in [-0.15, -0.1) is 0 Å². The molecule has 0 saturated carbocycles. The summed E-state index contributed by atoms with van der Waals surface area (Å²) in [6.07, 6.45) is 4.81. The number of anilines is 1. The maximum atomic E-state index is 12.8. The van der Waals surface area contributed by atoms with Crippen molar-refractivity contribution in [2.75, 3.05) is 18.0 Å². The van der Waals surface area contributed by atoms with Crippen LogP contribution in [-0.4, -0.2) is 30.0 Å². The molecule has 1 fully saturated rings. The van der Waals surface area contributed by atoms with Gasteiger partial charge in [-0.3, -0.25) is 4.79 Å². The van der Waals surface area contributed by atoms with Gasteiger partial charge in [0.05, 0.1) is 5.41 Å². The summed E-state index contributed by atoms with van der Waals surface area (Å²) in [6, 6.07) is 17.4. The van der Waals surface area contributed by atoms with E-state index in [1.807, 2.05) is 13.8 Å². The molecule has 0 bridgehead atoms.